The Bertz CT molecular complexity index is 1390. The van der Waals surface area contributed by atoms with Crippen molar-refractivity contribution in [2.45, 2.75) is 63.5 Å². The number of aromatic amines is 1. The number of carboxylic acid groups (broad SMARTS) is 1. The molecule has 4 fully saturated rings. The number of hydrogen-bond acceptors (Lipinski definition) is 5. The molecule has 0 unspecified atom stereocenters. The Morgan fingerprint density at radius 1 is 1.05 bits per heavy atom. The normalized spacial score (nSPS) is 25.9. The second-order valence-corrected chi connectivity index (χ2v) is 12.5. The first kappa shape index (κ1) is 27.3. The van der Waals surface area contributed by atoms with Gasteiger partial charge in [-0.05, 0) is 86.5 Å². The lowest BCUT2D eigenvalue weighted by Crippen LogP contribution is -2.61. The van der Waals surface area contributed by atoms with Crippen molar-refractivity contribution in [1.29, 1.82) is 0 Å². The third kappa shape index (κ3) is 5.80. The molecule has 2 amide bonds. The van der Waals surface area contributed by atoms with Crippen LogP contribution in [0, 0.1) is 23.7 Å². The Morgan fingerprint density at radius 2 is 1.76 bits per heavy atom. The SMILES string of the molecule is C[C@@](Cc1c[nH]c2ccccc12)(NC(=O)OC1C2CC3CC(C2)CC1C3)C(=O)N(CCc1ccccn1)CC(=O)O. The van der Waals surface area contributed by atoms with Crippen molar-refractivity contribution < 1.29 is 24.2 Å². The van der Waals surface area contributed by atoms with E-state index < -0.39 is 30.1 Å². The number of hydrogen-bond donors (Lipinski definition) is 3. The van der Waals surface area contributed by atoms with Gasteiger partial charge in [-0.25, -0.2) is 4.79 Å². The van der Waals surface area contributed by atoms with Crippen molar-refractivity contribution in [2.75, 3.05) is 13.1 Å². The van der Waals surface area contributed by atoms with Crippen LogP contribution < -0.4 is 5.32 Å². The fourth-order valence-electron chi connectivity index (χ4n) is 7.84. The van der Waals surface area contributed by atoms with Gasteiger partial charge in [0.25, 0.3) is 0 Å². The Balaban J connectivity index is 1.25. The zero-order valence-corrected chi connectivity index (χ0v) is 23.4. The van der Waals surface area contributed by atoms with E-state index >= 15 is 0 Å². The van der Waals surface area contributed by atoms with Gasteiger partial charge in [0.05, 0.1) is 0 Å². The summed E-state index contributed by atoms with van der Waals surface area (Å²) in [4.78, 5) is 48.5. The minimum absolute atomic E-state index is 0.130. The van der Waals surface area contributed by atoms with E-state index in [1.54, 1.807) is 19.2 Å². The van der Waals surface area contributed by atoms with Crippen molar-refractivity contribution in [3.63, 3.8) is 0 Å². The smallest absolute Gasteiger partial charge is 0.408 e. The first-order valence-corrected chi connectivity index (χ1v) is 14.7. The lowest BCUT2D eigenvalue weighted by atomic mass is 9.55. The average molecular weight is 559 g/mol. The van der Waals surface area contributed by atoms with E-state index in [1.807, 2.05) is 42.6 Å². The molecule has 2 heterocycles. The molecule has 41 heavy (non-hydrogen) atoms. The number of nitrogens with one attached hydrogen (secondary N) is 2. The van der Waals surface area contributed by atoms with Crippen LogP contribution in [0.2, 0.25) is 0 Å². The van der Waals surface area contributed by atoms with Crippen LogP contribution in [0.15, 0.2) is 54.9 Å². The van der Waals surface area contributed by atoms with Gasteiger partial charge in [-0.3, -0.25) is 14.6 Å². The highest BCUT2D eigenvalue weighted by molar-refractivity contribution is 5.93. The van der Waals surface area contributed by atoms with Gasteiger partial charge in [0.1, 0.15) is 18.2 Å². The van der Waals surface area contributed by atoms with Crippen LogP contribution in [0.3, 0.4) is 0 Å². The van der Waals surface area contributed by atoms with E-state index in [2.05, 4.69) is 15.3 Å². The van der Waals surface area contributed by atoms with Gasteiger partial charge in [-0.15, -0.1) is 0 Å². The summed E-state index contributed by atoms with van der Waals surface area (Å²) >= 11 is 0. The molecular formula is C32H38N4O5. The number of fused-ring (bicyclic) bond motifs is 1. The molecule has 0 radical (unpaired) electrons. The fourth-order valence-corrected chi connectivity index (χ4v) is 7.84. The van der Waals surface area contributed by atoms with Crippen LogP contribution in [0.1, 0.15) is 50.3 Å². The van der Waals surface area contributed by atoms with E-state index in [1.165, 1.54) is 11.3 Å². The van der Waals surface area contributed by atoms with Gasteiger partial charge >= 0.3 is 12.1 Å². The number of nitrogens with zero attached hydrogens (tertiary/aromatic N) is 2. The van der Waals surface area contributed by atoms with E-state index in [0.717, 1.165) is 59.7 Å². The third-order valence-corrected chi connectivity index (χ3v) is 9.43. The summed E-state index contributed by atoms with van der Waals surface area (Å²) in [6, 6.07) is 13.3. The monoisotopic (exact) mass is 558 g/mol. The maximum Gasteiger partial charge on any atom is 0.408 e. The molecule has 3 N–H and O–H groups in total. The van der Waals surface area contributed by atoms with E-state index in [-0.39, 0.29) is 19.1 Å². The van der Waals surface area contributed by atoms with E-state index in [4.69, 9.17) is 4.74 Å². The highest BCUT2D eigenvalue weighted by atomic mass is 16.6. The van der Waals surface area contributed by atoms with Gasteiger partial charge in [0.2, 0.25) is 5.91 Å². The third-order valence-electron chi connectivity index (χ3n) is 9.43. The summed E-state index contributed by atoms with van der Waals surface area (Å²) in [5, 5.41) is 13.6. The van der Waals surface area contributed by atoms with Gasteiger partial charge in [-0.2, -0.15) is 0 Å². The number of carbonyl (C=O) groups is 3. The van der Waals surface area contributed by atoms with Crippen molar-refractivity contribution in [3.05, 3.63) is 66.1 Å². The zero-order chi connectivity index (χ0) is 28.6. The van der Waals surface area contributed by atoms with Crippen LogP contribution in [0.5, 0.6) is 0 Å². The molecule has 4 bridgehead atoms. The van der Waals surface area contributed by atoms with Gasteiger partial charge in [0, 0.05) is 48.4 Å². The molecular weight excluding hydrogens is 520 g/mol. The van der Waals surface area contributed by atoms with Gasteiger partial charge in [-0.1, -0.05) is 24.3 Å². The average Bonchev–Trinajstić information content (AvgIpc) is 3.35. The van der Waals surface area contributed by atoms with Crippen molar-refractivity contribution in [2.24, 2.45) is 23.7 Å². The Labute approximate surface area is 239 Å². The summed E-state index contributed by atoms with van der Waals surface area (Å²) in [5.74, 6) is 0.674. The highest BCUT2D eigenvalue weighted by Gasteiger charge is 2.50. The van der Waals surface area contributed by atoms with E-state index in [0.29, 0.717) is 18.3 Å². The topological polar surface area (TPSA) is 125 Å². The number of H-pyrrole nitrogens is 1. The number of carboxylic acids is 1. The lowest BCUT2D eigenvalue weighted by Gasteiger charge is -2.53. The Morgan fingerprint density at radius 3 is 2.44 bits per heavy atom. The fraction of sp³-hybridized carbons (Fsp3) is 0.500. The predicted octanol–water partition coefficient (Wildman–Crippen LogP) is 4.57. The molecule has 0 aliphatic heterocycles. The summed E-state index contributed by atoms with van der Waals surface area (Å²) in [6.07, 6.45) is 9.07. The maximum absolute atomic E-state index is 14.2. The van der Waals surface area contributed by atoms with Gasteiger partial charge < -0.3 is 25.0 Å². The number of aliphatic carboxylic acids is 1. The second-order valence-electron chi connectivity index (χ2n) is 12.5. The molecule has 0 saturated heterocycles. The summed E-state index contributed by atoms with van der Waals surface area (Å²) in [6.45, 7) is 1.34. The van der Waals surface area contributed by atoms with Crippen LogP contribution >= 0.6 is 0 Å². The molecule has 9 nitrogen and oxygen atoms in total. The quantitative estimate of drug-likeness (QED) is 0.335. The molecule has 0 spiro atoms. The first-order chi connectivity index (χ1) is 19.8. The number of amides is 2. The number of benzene rings is 1. The highest BCUT2D eigenvalue weighted by Crippen LogP contribution is 2.54. The number of rotatable bonds is 10. The number of alkyl carbamates (subject to hydrolysis) is 1. The number of aromatic nitrogens is 2. The number of para-hydroxylation sites is 1. The number of pyridine rings is 1. The van der Waals surface area contributed by atoms with Crippen molar-refractivity contribution in [1.82, 2.24) is 20.2 Å². The van der Waals surface area contributed by atoms with Crippen LogP contribution in [-0.2, 0) is 27.2 Å². The number of carbonyl (C=O) groups excluding carboxylic acids is 2. The molecule has 216 valence electrons. The molecule has 4 saturated carbocycles. The first-order valence-electron chi connectivity index (χ1n) is 14.7. The summed E-state index contributed by atoms with van der Waals surface area (Å²) < 4.78 is 6.11. The molecule has 9 heteroatoms. The molecule has 4 aliphatic carbocycles. The largest absolute Gasteiger partial charge is 0.480 e. The summed E-state index contributed by atoms with van der Waals surface area (Å²) in [5.41, 5.74) is 1.09. The molecule has 1 atom stereocenters. The van der Waals surface area contributed by atoms with Crippen molar-refractivity contribution in [3.8, 4) is 0 Å². The zero-order valence-electron chi connectivity index (χ0n) is 23.4. The molecule has 4 aliphatic rings. The molecule has 7 rings (SSSR count). The van der Waals surface area contributed by atoms with Crippen LogP contribution in [0.25, 0.3) is 10.9 Å². The standard InChI is InChI=1S/C32H38N4O5/c1-32(17-24-18-34-27-8-3-2-7-26(24)27,30(39)36(19-28(37)38)11-9-25-6-4-5-10-33-25)35-31(40)41-29-22-13-20-12-21(15-22)16-23(29)14-20/h2-8,10,18,20-23,29,34H,9,11-17,19H2,1H3,(H,35,40)(H,37,38)/t20?,21?,22?,23?,29?,32-/m0/s1. The Kier molecular flexibility index (Phi) is 7.45. The van der Waals surface area contributed by atoms with Crippen molar-refractivity contribution >= 4 is 28.9 Å². The van der Waals surface area contributed by atoms with Crippen LogP contribution in [0.4, 0.5) is 4.79 Å². The van der Waals surface area contributed by atoms with Crippen LogP contribution in [-0.4, -0.2) is 62.7 Å². The molecule has 2 aromatic heterocycles. The van der Waals surface area contributed by atoms with E-state index in [9.17, 15) is 19.5 Å². The maximum atomic E-state index is 14.2. The minimum atomic E-state index is -1.44. The number of ether oxygens (including phenoxy) is 1. The lowest BCUT2D eigenvalue weighted by molar-refractivity contribution is -0.147. The van der Waals surface area contributed by atoms with Gasteiger partial charge in [0.15, 0.2) is 0 Å². The molecule has 1 aromatic carbocycles. The predicted molar refractivity (Wildman–Crippen MR) is 153 cm³/mol. The summed E-state index contributed by atoms with van der Waals surface area (Å²) in [7, 11) is 0. The second kappa shape index (κ2) is 11.2. The molecule has 3 aromatic rings. The minimum Gasteiger partial charge on any atom is -0.480 e. The Hall–Kier alpha value is -3.88.